The number of aromatic nitrogens is 1. The summed E-state index contributed by atoms with van der Waals surface area (Å²) in [5.74, 6) is 1.36. The number of para-hydroxylation sites is 1. The van der Waals surface area contributed by atoms with Gasteiger partial charge >= 0.3 is 0 Å². The first kappa shape index (κ1) is 31.4. The van der Waals surface area contributed by atoms with Crippen molar-refractivity contribution in [1.82, 2.24) is 14.8 Å². The molecule has 2 aliphatic rings. The lowest BCUT2D eigenvalue weighted by atomic mass is 9.85. The van der Waals surface area contributed by atoms with Crippen molar-refractivity contribution in [3.8, 4) is 5.75 Å². The molecule has 0 radical (unpaired) electrons. The molecule has 1 N–H and O–H groups in total. The normalized spacial score (nSPS) is 19.7. The van der Waals surface area contributed by atoms with Crippen LogP contribution in [-0.4, -0.2) is 45.9 Å². The van der Waals surface area contributed by atoms with Gasteiger partial charge in [-0.1, -0.05) is 65.7 Å². The smallest absolute Gasteiger partial charge is 0.253 e. The fourth-order valence-corrected chi connectivity index (χ4v) is 7.71. The summed E-state index contributed by atoms with van der Waals surface area (Å²) < 4.78 is 8.44. The number of rotatable bonds is 12. The molecule has 45 heavy (non-hydrogen) atoms. The van der Waals surface area contributed by atoms with Crippen LogP contribution in [0.3, 0.4) is 0 Å². The second kappa shape index (κ2) is 13.8. The van der Waals surface area contributed by atoms with Crippen LogP contribution in [0.4, 0.5) is 0 Å². The van der Waals surface area contributed by atoms with E-state index in [1.165, 1.54) is 18.4 Å². The quantitative estimate of drug-likeness (QED) is 0.161. The van der Waals surface area contributed by atoms with E-state index in [-0.39, 0.29) is 17.8 Å². The molecule has 0 saturated carbocycles. The zero-order valence-electron chi connectivity index (χ0n) is 26.6. The Bertz CT molecular complexity index is 1660. The molecule has 1 unspecified atom stereocenters. The van der Waals surface area contributed by atoms with E-state index in [1.807, 2.05) is 68.6 Å². The fourth-order valence-electron chi connectivity index (χ4n) is 7.52. The van der Waals surface area contributed by atoms with Crippen LogP contribution in [0, 0.1) is 12.8 Å². The summed E-state index contributed by atoms with van der Waals surface area (Å²) in [5.41, 5.74) is 4.64. The number of Topliss-reactive ketones (excluding diaryl/α,β-unsaturated/α-hetero) is 1. The molecule has 2 aliphatic heterocycles. The van der Waals surface area contributed by atoms with E-state index in [4.69, 9.17) is 16.3 Å². The standard InChI is InChI=1S/C38H44ClN3O3/c1-25(2)45-36-13-6-12-33-34(38(44)40-23-27-9-4-8-26(3)18-27)24-41(37(33)36)16-7-17-42-31-14-15-32(42)20-28(19-31)21-35(43)29-10-5-11-30(39)22-29/h4-6,8-13,18,22,24-25,28,31-32H,7,14-17,19-21,23H2,1-3H3,(H,40,44)/t28?,31-,32+. The predicted molar refractivity (Wildman–Crippen MR) is 181 cm³/mol. The molecule has 3 aromatic carbocycles. The van der Waals surface area contributed by atoms with Crippen LogP contribution in [-0.2, 0) is 13.1 Å². The third-order valence-corrected chi connectivity index (χ3v) is 9.66. The largest absolute Gasteiger partial charge is 0.489 e. The highest BCUT2D eigenvalue weighted by Crippen LogP contribution is 2.40. The molecule has 4 aromatic rings. The molecule has 2 fully saturated rings. The molecule has 0 aliphatic carbocycles. The molecule has 6 nitrogen and oxygen atoms in total. The van der Waals surface area contributed by atoms with Gasteiger partial charge in [-0.05, 0) is 82.6 Å². The van der Waals surface area contributed by atoms with Crippen LogP contribution in [0.2, 0.25) is 5.02 Å². The number of hydrogen-bond acceptors (Lipinski definition) is 4. The van der Waals surface area contributed by atoms with Crippen LogP contribution in [0.25, 0.3) is 10.9 Å². The Morgan fingerprint density at radius 2 is 1.73 bits per heavy atom. The average Bonchev–Trinajstić information content (AvgIpc) is 3.49. The Morgan fingerprint density at radius 1 is 0.978 bits per heavy atom. The number of ketones is 1. The van der Waals surface area contributed by atoms with E-state index in [0.717, 1.165) is 60.1 Å². The molecule has 0 spiro atoms. The average molecular weight is 626 g/mol. The van der Waals surface area contributed by atoms with Crippen molar-refractivity contribution in [2.24, 2.45) is 5.92 Å². The Morgan fingerprint density at radius 3 is 2.47 bits per heavy atom. The third kappa shape index (κ3) is 7.29. The summed E-state index contributed by atoms with van der Waals surface area (Å²) in [6.45, 7) is 8.41. The lowest BCUT2D eigenvalue weighted by Gasteiger charge is -2.39. The minimum Gasteiger partial charge on any atom is -0.489 e. The van der Waals surface area contributed by atoms with Crippen LogP contribution in [0.1, 0.15) is 84.2 Å². The van der Waals surface area contributed by atoms with Crippen molar-refractivity contribution in [2.45, 2.75) is 90.6 Å². The van der Waals surface area contributed by atoms with Gasteiger partial charge in [0.05, 0.1) is 17.2 Å². The molecular formula is C38H44ClN3O3. The molecule has 1 aromatic heterocycles. The number of halogens is 1. The van der Waals surface area contributed by atoms with Crippen molar-refractivity contribution in [3.63, 3.8) is 0 Å². The number of carbonyl (C=O) groups excluding carboxylic acids is 2. The topological polar surface area (TPSA) is 63.6 Å². The number of hydrogen-bond donors (Lipinski definition) is 1. The number of carbonyl (C=O) groups is 2. The van der Waals surface area contributed by atoms with Crippen molar-refractivity contribution in [3.05, 3.63) is 100 Å². The first-order valence-electron chi connectivity index (χ1n) is 16.4. The highest BCUT2D eigenvalue weighted by Gasteiger charge is 2.40. The van der Waals surface area contributed by atoms with E-state index in [0.29, 0.717) is 41.6 Å². The highest BCUT2D eigenvalue weighted by molar-refractivity contribution is 6.31. The summed E-state index contributed by atoms with van der Waals surface area (Å²) in [6.07, 6.45) is 8.17. The second-order valence-corrected chi connectivity index (χ2v) is 13.6. The van der Waals surface area contributed by atoms with Gasteiger partial charge in [0.25, 0.3) is 5.91 Å². The molecule has 3 heterocycles. The summed E-state index contributed by atoms with van der Waals surface area (Å²) in [4.78, 5) is 29.2. The molecular weight excluding hydrogens is 582 g/mol. The molecule has 2 bridgehead atoms. The molecule has 6 rings (SSSR count). The van der Waals surface area contributed by atoms with Gasteiger partial charge in [0.2, 0.25) is 0 Å². The number of fused-ring (bicyclic) bond motifs is 3. The van der Waals surface area contributed by atoms with Crippen molar-refractivity contribution in [2.75, 3.05) is 6.54 Å². The van der Waals surface area contributed by atoms with E-state index in [9.17, 15) is 9.59 Å². The van der Waals surface area contributed by atoms with Gasteiger partial charge in [-0.2, -0.15) is 0 Å². The van der Waals surface area contributed by atoms with E-state index in [2.05, 4.69) is 33.8 Å². The van der Waals surface area contributed by atoms with Crippen molar-refractivity contribution in [1.29, 1.82) is 0 Å². The molecule has 236 valence electrons. The number of aryl methyl sites for hydroxylation is 2. The Kier molecular flexibility index (Phi) is 9.62. The summed E-state index contributed by atoms with van der Waals surface area (Å²) >= 11 is 6.13. The van der Waals surface area contributed by atoms with Crippen LogP contribution < -0.4 is 10.1 Å². The first-order valence-corrected chi connectivity index (χ1v) is 16.8. The van der Waals surface area contributed by atoms with Crippen molar-refractivity contribution < 1.29 is 14.3 Å². The number of ether oxygens (including phenoxy) is 1. The molecule has 7 heteroatoms. The van der Waals surface area contributed by atoms with Gasteiger partial charge in [0.1, 0.15) is 5.75 Å². The maximum absolute atomic E-state index is 13.5. The van der Waals surface area contributed by atoms with Crippen LogP contribution >= 0.6 is 11.6 Å². The van der Waals surface area contributed by atoms with Gasteiger partial charge in [0, 0.05) is 60.3 Å². The van der Waals surface area contributed by atoms with Crippen LogP contribution in [0.5, 0.6) is 5.75 Å². The van der Waals surface area contributed by atoms with E-state index in [1.54, 1.807) is 6.07 Å². The fraction of sp³-hybridized carbons (Fsp3) is 0.421. The number of piperidine rings is 1. The minimum absolute atomic E-state index is 0.0280. The maximum Gasteiger partial charge on any atom is 0.253 e. The number of nitrogens with zero attached hydrogens (tertiary/aromatic N) is 2. The number of nitrogens with one attached hydrogen (secondary N) is 1. The zero-order chi connectivity index (χ0) is 31.5. The van der Waals surface area contributed by atoms with Gasteiger partial charge in [-0.15, -0.1) is 0 Å². The Balaban J connectivity index is 1.12. The van der Waals surface area contributed by atoms with E-state index < -0.39 is 0 Å². The summed E-state index contributed by atoms with van der Waals surface area (Å²) in [6, 6.07) is 22.6. The lowest BCUT2D eigenvalue weighted by molar-refractivity contribution is 0.0807. The zero-order valence-corrected chi connectivity index (χ0v) is 27.4. The lowest BCUT2D eigenvalue weighted by Crippen LogP contribution is -2.43. The summed E-state index contributed by atoms with van der Waals surface area (Å²) in [7, 11) is 0. The SMILES string of the molecule is Cc1cccc(CNC(=O)c2cn(CCCN3[C@@H]4CC[C@H]3CC(CC(=O)c3cccc(Cl)c3)C4)c3c(OC(C)C)cccc23)c1. The van der Waals surface area contributed by atoms with Gasteiger partial charge in [-0.25, -0.2) is 0 Å². The van der Waals surface area contributed by atoms with Crippen LogP contribution in [0.15, 0.2) is 72.9 Å². The number of amides is 1. The number of benzene rings is 3. The maximum atomic E-state index is 13.5. The van der Waals surface area contributed by atoms with E-state index >= 15 is 0 Å². The Labute approximate surface area is 271 Å². The molecule has 3 atom stereocenters. The molecule has 2 saturated heterocycles. The minimum atomic E-state index is -0.0746. The van der Waals surface area contributed by atoms with Crippen molar-refractivity contribution >= 4 is 34.2 Å². The third-order valence-electron chi connectivity index (χ3n) is 9.42. The van der Waals surface area contributed by atoms with Gasteiger partial charge < -0.3 is 14.6 Å². The second-order valence-electron chi connectivity index (χ2n) is 13.2. The molecule has 1 amide bonds. The van der Waals surface area contributed by atoms with Gasteiger partial charge in [0.15, 0.2) is 5.78 Å². The monoisotopic (exact) mass is 625 g/mol. The highest BCUT2D eigenvalue weighted by atomic mass is 35.5. The first-order chi connectivity index (χ1) is 21.7. The Hall–Kier alpha value is -3.61. The van der Waals surface area contributed by atoms with Gasteiger partial charge in [-0.3, -0.25) is 14.5 Å². The predicted octanol–water partition coefficient (Wildman–Crippen LogP) is 8.23. The summed E-state index contributed by atoms with van der Waals surface area (Å²) in [5, 5.41) is 4.67.